The van der Waals surface area contributed by atoms with E-state index in [9.17, 15) is 14.0 Å². The smallest absolute Gasteiger partial charge is 0.224 e. The minimum atomic E-state index is -0.296. The number of hydrogen-bond acceptors (Lipinski definition) is 4. The Morgan fingerprint density at radius 1 is 1.29 bits per heavy atom. The fourth-order valence-corrected chi connectivity index (χ4v) is 3.48. The largest absolute Gasteiger partial charge is 0.340 e. The maximum Gasteiger partial charge on any atom is 0.224 e. The summed E-state index contributed by atoms with van der Waals surface area (Å²) in [6.45, 7) is 5.91. The van der Waals surface area contributed by atoms with E-state index < -0.39 is 0 Å². The lowest BCUT2D eigenvalue weighted by molar-refractivity contribution is -0.134. The normalized spacial score (nSPS) is 17.9. The van der Waals surface area contributed by atoms with Crippen molar-refractivity contribution in [2.75, 3.05) is 13.1 Å². The molecule has 8 heteroatoms. The van der Waals surface area contributed by atoms with E-state index in [4.69, 9.17) is 0 Å². The minimum absolute atomic E-state index is 0.0117. The summed E-state index contributed by atoms with van der Waals surface area (Å²) in [4.78, 5) is 33.0. The highest BCUT2D eigenvalue weighted by Gasteiger charge is 2.33. The van der Waals surface area contributed by atoms with Gasteiger partial charge < -0.3 is 9.80 Å². The molecule has 0 saturated carbocycles. The van der Waals surface area contributed by atoms with Crippen LogP contribution in [0, 0.1) is 11.7 Å². The molecule has 1 saturated heterocycles. The third kappa shape index (κ3) is 4.94. The monoisotopic (exact) mass is 387 g/mol. The van der Waals surface area contributed by atoms with Crippen LogP contribution >= 0.6 is 0 Å². The van der Waals surface area contributed by atoms with Gasteiger partial charge in [-0.15, -0.1) is 0 Å². The summed E-state index contributed by atoms with van der Waals surface area (Å²) in [6.07, 6.45) is 3.64. The minimum Gasteiger partial charge on any atom is -0.340 e. The molecule has 0 spiro atoms. The number of nitrogens with zero attached hydrogens (tertiary/aromatic N) is 5. The summed E-state index contributed by atoms with van der Waals surface area (Å²) in [6, 6.07) is 6.12. The van der Waals surface area contributed by atoms with Crippen molar-refractivity contribution in [3.8, 4) is 0 Å². The third-order valence-electron chi connectivity index (χ3n) is 5.13. The van der Waals surface area contributed by atoms with E-state index in [0.717, 1.165) is 5.56 Å². The van der Waals surface area contributed by atoms with Gasteiger partial charge in [0.2, 0.25) is 11.8 Å². The summed E-state index contributed by atoms with van der Waals surface area (Å²) in [5, 5.41) is 4.02. The molecule has 0 bridgehead atoms. The molecule has 1 aromatic carbocycles. The van der Waals surface area contributed by atoms with Crippen LogP contribution in [0.4, 0.5) is 4.39 Å². The number of amides is 2. The number of benzene rings is 1. The van der Waals surface area contributed by atoms with Crippen molar-refractivity contribution in [1.29, 1.82) is 0 Å². The van der Waals surface area contributed by atoms with Gasteiger partial charge in [0.25, 0.3) is 0 Å². The Morgan fingerprint density at radius 3 is 2.68 bits per heavy atom. The summed E-state index contributed by atoms with van der Waals surface area (Å²) in [5.41, 5.74) is 0.881. The summed E-state index contributed by atoms with van der Waals surface area (Å²) >= 11 is 0. The second-order valence-corrected chi connectivity index (χ2v) is 7.46. The van der Waals surface area contributed by atoms with Crippen molar-refractivity contribution in [2.24, 2.45) is 5.92 Å². The number of hydrogen-bond donors (Lipinski definition) is 0. The maximum absolute atomic E-state index is 13.2. The van der Waals surface area contributed by atoms with Gasteiger partial charge in [0.15, 0.2) is 0 Å². The van der Waals surface area contributed by atoms with E-state index in [1.54, 1.807) is 28.0 Å². The fraction of sp³-hybridized carbons (Fsp3) is 0.500. The van der Waals surface area contributed by atoms with E-state index in [1.165, 1.54) is 18.5 Å². The Morgan fingerprint density at radius 2 is 2.04 bits per heavy atom. The van der Waals surface area contributed by atoms with E-state index in [-0.39, 0.29) is 29.6 Å². The Kier molecular flexibility index (Phi) is 6.38. The predicted octanol–water partition coefficient (Wildman–Crippen LogP) is 2.09. The van der Waals surface area contributed by atoms with Crippen molar-refractivity contribution in [1.82, 2.24) is 24.6 Å². The lowest BCUT2D eigenvalue weighted by Gasteiger charge is -2.34. The second-order valence-electron chi connectivity index (χ2n) is 7.46. The molecule has 2 aromatic rings. The Balaban J connectivity index is 1.70. The van der Waals surface area contributed by atoms with Crippen LogP contribution in [-0.2, 0) is 22.7 Å². The van der Waals surface area contributed by atoms with Crippen LogP contribution in [0.3, 0.4) is 0 Å². The van der Waals surface area contributed by atoms with Crippen LogP contribution < -0.4 is 0 Å². The van der Waals surface area contributed by atoms with Gasteiger partial charge in [0.05, 0.1) is 12.6 Å². The molecular formula is C20H26FN5O2. The molecule has 150 valence electrons. The quantitative estimate of drug-likeness (QED) is 0.761. The van der Waals surface area contributed by atoms with Crippen molar-refractivity contribution in [2.45, 2.75) is 45.8 Å². The number of carbonyl (C=O) groups is 2. The highest BCUT2D eigenvalue weighted by molar-refractivity contribution is 5.80. The lowest BCUT2D eigenvalue weighted by Crippen LogP contribution is -2.47. The molecule has 2 amide bonds. The second kappa shape index (κ2) is 8.95. The lowest BCUT2D eigenvalue weighted by atomic mass is 10.0. The molecular weight excluding hydrogens is 361 g/mol. The van der Waals surface area contributed by atoms with Gasteiger partial charge in [-0.3, -0.25) is 14.3 Å². The standard InChI is InChI=1S/C20H26FN5O2/c1-15(2)18-12-24(19(27)8-10-25-14-22-13-23-25)9-7-20(28)26(18)11-16-3-5-17(21)6-4-16/h3-6,13-15,18H,7-12H2,1-2H3/t18-/m1/s1. The van der Waals surface area contributed by atoms with Crippen LogP contribution in [-0.4, -0.2) is 55.5 Å². The number of aryl methyl sites for hydroxylation is 1. The Bertz CT molecular complexity index is 791. The topological polar surface area (TPSA) is 71.3 Å². The molecule has 28 heavy (non-hydrogen) atoms. The van der Waals surface area contributed by atoms with Crippen LogP contribution in [0.15, 0.2) is 36.9 Å². The van der Waals surface area contributed by atoms with E-state index >= 15 is 0 Å². The van der Waals surface area contributed by atoms with Gasteiger partial charge in [-0.25, -0.2) is 9.37 Å². The average molecular weight is 387 g/mol. The summed E-state index contributed by atoms with van der Waals surface area (Å²) in [5.74, 6) is -0.0733. The van der Waals surface area contributed by atoms with Crippen LogP contribution in [0.25, 0.3) is 0 Å². The maximum atomic E-state index is 13.2. The zero-order valence-corrected chi connectivity index (χ0v) is 16.3. The summed E-state index contributed by atoms with van der Waals surface area (Å²) < 4.78 is 14.8. The number of halogens is 1. The molecule has 1 aromatic heterocycles. The number of rotatable bonds is 6. The van der Waals surface area contributed by atoms with Gasteiger partial charge in [-0.2, -0.15) is 5.10 Å². The summed E-state index contributed by atoms with van der Waals surface area (Å²) in [7, 11) is 0. The Hall–Kier alpha value is -2.77. The predicted molar refractivity (Wildman–Crippen MR) is 101 cm³/mol. The zero-order chi connectivity index (χ0) is 20.1. The molecule has 0 N–H and O–H groups in total. The molecule has 3 rings (SSSR count). The zero-order valence-electron chi connectivity index (χ0n) is 16.3. The fourth-order valence-electron chi connectivity index (χ4n) is 3.48. The van der Waals surface area contributed by atoms with Gasteiger partial charge in [0.1, 0.15) is 18.5 Å². The van der Waals surface area contributed by atoms with Crippen molar-refractivity contribution < 1.29 is 14.0 Å². The SMILES string of the molecule is CC(C)[C@H]1CN(C(=O)CCn2cncn2)CCC(=O)N1Cc1ccc(F)cc1. The molecule has 0 radical (unpaired) electrons. The van der Waals surface area contributed by atoms with Gasteiger partial charge >= 0.3 is 0 Å². The Labute approximate surface area is 164 Å². The molecule has 1 aliphatic heterocycles. The number of aromatic nitrogens is 3. The van der Waals surface area contributed by atoms with E-state index in [1.807, 2.05) is 4.90 Å². The highest BCUT2D eigenvalue weighted by Crippen LogP contribution is 2.21. The average Bonchev–Trinajstić information content (AvgIpc) is 3.13. The molecule has 1 aliphatic rings. The van der Waals surface area contributed by atoms with Crippen LogP contribution in [0.5, 0.6) is 0 Å². The molecule has 2 heterocycles. The highest BCUT2D eigenvalue weighted by atomic mass is 19.1. The van der Waals surface area contributed by atoms with Crippen molar-refractivity contribution in [3.05, 3.63) is 48.3 Å². The van der Waals surface area contributed by atoms with Crippen LogP contribution in [0.2, 0.25) is 0 Å². The first-order chi connectivity index (χ1) is 13.4. The first-order valence-electron chi connectivity index (χ1n) is 9.58. The first-order valence-corrected chi connectivity index (χ1v) is 9.58. The number of carbonyl (C=O) groups excluding carboxylic acids is 2. The first kappa shape index (κ1) is 20.0. The van der Waals surface area contributed by atoms with Crippen molar-refractivity contribution in [3.63, 3.8) is 0 Å². The van der Waals surface area contributed by atoms with Gasteiger partial charge in [-0.1, -0.05) is 26.0 Å². The van der Waals surface area contributed by atoms with E-state index in [2.05, 4.69) is 23.9 Å². The van der Waals surface area contributed by atoms with Gasteiger partial charge in [0, 0.05) is 32.5 Å². The van der Waals surface area contributed by atoms with Gasteiger partial charge in [-0.05, 0) is 23.6 Å². The van der Waals surface area contributed by atoms with Crippen LogP contribution in [0.1, 0.15) is 32.3 Å². The molecule has 0 unspecified atom stereocenters. The third-order valence-corrected chi connectivity index (χ3v) is 5.13. The molecule has 7 nitrogen and oxygen atoms in total. The van der Waals surface area contributed by atoms with Crippen molar-refractivity contribution >= 4 is 11.8 Å². The van der Waals surface area contributed by atoms with E-state index in [0.29, 0.717) is 39.0 Å². The molecule has 1 atom stereocenters. The molecule has 0 aliphatic carbocycles. The molecule has 1 fully saturated rings.